The van der Waals surface area contributed by atoms with Crippen molar-refractivity contribution in [2.45, 2.75) is 6.10 Å². The average molecular weight is 289 g/mol. The maximum Gasteiger partial charge on any atom is 0.261 e. The molecule has 2 aliphatic rings. The van der Waals surface area contributed by atoms with E-state index in [1.54, 1.807) is 12.1 Å². The van der Waals surface area contributed by atoms with Crippen LogP contribution < -0.4 is 10.6 Å². The summed E-state index contributed by atoms with van der Waals surface area (Å²) in [4.78, 5) is 36.8. The van der Waals surface area contributed by atoms with Gasteiger partial charge in [0, 0.05) is 25.8 Å². The van der Waals surface area contributed by atoms with Crippen LogP contribution in [0.1, 0.15) is 20.7 Å². The number of amides is 3. The van der Waals surface area contributed by atoms with Gasteiger partial charge in [0.2, 0.25) is 0 Å². The zero-order chi connectivity index (χ0) is 15.0. The van der Waals surface area contributed by atoms with Crippen LogP contribution in [0.3, 0.4) is 0 Å². The van der Waals surface area contributed by atoms with Gasteiger partial charge < -0.3 is 15.4 Å². The van der Waals surface area contributed by atoms with Crippen LogP contribution in [0.4, 0.5) is 5.69 Å². The van der Waals surface area contributed by atoms with Gasteiger partial charge in [-0.05, 0) is 18.2 Å². The maximum absolute atomic E-state index is 12.0. The van der Waals surface area contributed by atoms with Crippen molar-refractivity contribution in [3.8, 4) is 0 Å². The summed E-state index contributed by atoms with van der Waals surface area (Å²) in [6, 6.07) is 4.68. The number of imide groups is 1. The van der Waals surface area contributed by atoms with Gasteiger partial charge >= 0.3 is 0 Å². The molecule has 1 fully saturated rings. The summed E-state index contributed by atoms with van der Waals surface area (Å²) < 4.78 is 5.36. The third kappa shape index (κ3) is 2.41. The SMILES string of the molecule is CN1C(=O)c2ccc(NC(=O)C3CNCCO3)cc2C1=O. The lowest BCUT2D eigenvalue weighted by molar-refractivity contribution is -0.128. The molecule has 0 aliphatic carbocycles. The van der Waals surface area contributed by atoms with E-state index in [0.29, 0.717) is 30.0 Å². The van der Waals surface area contributed by atoms with Crippen molar-refractivity contribution < 1.29 is 19.1 Å². The molecular weight excluding hydrogens is 274 g/mol. The largest absolute Gasteiger partial charge is 0.366 e. The molecule has 110 valence electrons. The van der Waals surface area contributed by atoms with Gasteiger partial charge in [-0.1, -0.05) is 0 Å². The van der Waals surface area contributed by atoms with E-state index in [0.717, 1.165) is 11.4 Å². The highest BCUT2D eigenvalue weighted by molar-refractivity contribution is 6.21. The molecule has 0 bridgehead atoms. The Labute approximate surface area is 121 Å². The van der Waals surface area contributed by atoms with Crippen molar-refractivity contribution in [3.63, 3.8) is 0 Å². The summed E-state index contributed by atoms with van der Waals surface area (Å²) in [7, 11) is 1.43. The fourth-order valence-corrected chi connectivity index (χ4v) is 2.40. The van der Waals surface area contributed by atoms with Crippen molar-refractivity contribution >= 4 is 23.4 Å². The molecule has 3 amide bonds. The molecule has 0 spiro atoms. The number of anilines is 1. The van der Waals surface area contributed by atoms with E-state index in [1.807, 2.05) is 0 Å². The molecule has 3 rings (SSSR count). The fraction of sp³-hybridized carbons (Fsp3) is 0.357. The summed E-state index contributed by atoms with van der Waals surface area (Å²) in [6.45, 7) is 1.67. The second-order valence-electron chi connectivity index (χ2n) is 4.98. The first kappa shape index (κ1) is 13.7. The van der Waals surface area contributed by atoms with Crippen molar-refractivity contribution in [2.24, 2.45) is 0 Å². The van der Waals surface area contributed by atoms with E-state index in [4.69, 9.17) is 4.74 Å². The predicted octanol–water partition coefficient (Wildman–Crippen LogP) is -0.161. The van der Waals surface area contributed by atoms with E-state index < -0.39 is 6.10 Å². The Morgan fingerprint density at radius 1 is 1.33 bits per heavy atom. The maximum atomic E-state index is 12.0. The standard InChI is InChI=1S/C14H15N3O4/c1-17-13(19)9-3-2-8(6-10(9)14(17)20)16-12(18)11-7-15-4-5-21-11/h2-3,6,11,15H,4-5,7H2,1H3,(H,16,18). The summed E-state index contributed by atoms with van der Waals surface area (Å²) in [5, 5.41) is 5.78. The molecule has 2 N–H and O–H groups in total. The van der Waals surface area contributed by atoms with Gasteiger partial charge in [-0.15, -0.1) is 0 Å². The highest BCUT2D eigenvalue weighted by Gasteiger charge is 2.33. The number of carbonyl (C=O) groups excluding carboxylic acids is 3. The summed E-state index contributed by atoms with van der Waals surface area (Å²) in [5.74, 6) is -0.957. The molecule has 1 saturated heterocycles. The first-order valence-electron chi connectivity index (χ1n) is 6.67. The number of ether oxygens (including phenoxy) is 1. The normalized spacial score (nSPS) is 21.4. The van der Waals surface area contributed by atoms with Crippen LogP contribution in [0.15, 0.2) is 18.2 Å². The summed E-state index contributed by atoms with van der Waals surface area (Å²) in [5.41, 5.74) is 1.14. The summed E-state index contributed by atoms with van der Waals surface area (Å²) in [6.07, 6.45) is -0.549. The van der Waals surface area contributed by atoms with Crippen molar-refractivity contribution in [3.05, 3.63) is 29.3 Å². The number of nitrogens with zero attached hydrogens (tertiary/aromatic N) is 1. The van der Waals surface area contributed by atoms with Gasteiger partial charge in [0.05, 0.1) is 17.7 Å². The molecule has 2 heterocycles. The Balaban J connectivity index is 1.77. The lowest BCUT2D eigenvalue weighted by Gasteiger charge is -2.22. The van der Waals surface area contributed by atoms with E-state index in [1.165, 1.54) is 13.1 Å². The molecule has 1 aromatic rings. The molecule has 1 unspecified atom stereocenters. The zero-order valence-corrected chi connectivity index (χ0v) is 11.5. The molecule has 0 radical (unpaired) electrons. The Bertz CT molecular complexity index is 623. The Hall–Kier alpha value is -2.25. The number of benzene rings is 1. The molecule has 21 heavy (non-hydrogen) atoms. The van der Waals surface area contributed by atoms with Gasteiger partial charge in [0.25, 0.3) is 17.7 Å². The van der Waals surface area contributed by atoms with Crippen LogP contribution in [-0.4, -0.2) is 55.5 Å². The Morgan fingerprint density at radius 3 is 2.81 bits per heavy atom. The van der Waals surface area contributed by atoms with Crippen LogP contribution in [0.25, 0.3) is 0 Å². The second-order valence-corrected chi connectivity index (χ2v) is 4.98. The number of nitrogens with one attached hydrogen (secondary N) is 2. The zero-order valence-electron chi connectivity index (χ0n) is 11.5. The first-order valence-corrected chi connectivity index (χ1v) is 6.67. The van der Waals surface area contributed by atoms with Crippen LogP contribution in [-0.2, 0) is 9.53 Å². The fourth-order valence-electron chi connectivity index (χ4n) is 2.40. The number of carbonyl (C=O) groups is 3. The molecule has 1 aromatic carbocycles. The number of rotatable bonds is 2. The number of hydrogen-bond acceptors (Lipinski definition) is 5. The minimum Gasteiger partial charge on any atom is -0.366 e. The third-order valence-corrected chi connectivity index (χ3v) is 3.58. The molecular formula is C14H15N3O4. The topological polar surface area (TPSA) is 87.7 Å². The van der Waals surface area contributed by atoms with Crippen LogP contribution in [0, 0.1) is 0 Å². The van der Waals surface area contributed by atoms with Crippen molar-refractivity contribution in [1.82, 2.24) is 10.2 Å². The number of fused-ring (bicyclic) bond motifs is 1. The van der Waals surface area contributed by atoms with Gasteiger partial charge in [-0.25, -0.2) is 0 Å². The summed E-state index contributed by atoms with van der Waals surface area (Å²) >= 11 is 0. The smallest absolute Gasteiger partial charge is 0.261 e. The molecule has 1 atom stereocenters. The monoisotopic (exact) mass is 289 g/mol. The first-order chi connectivity index (χ1) is 10.1. The highest BCUT2D eigenvalue weighted by atomic mass is 16.5. The molecule has 7 nitrogen and oxygen atoms in total. The quantitative estimate of drug-likeness (QED) is 0.739. The lowest BCUT2D eigenvalue weighted by Crippen LogP contribution is -2.45. The molecule has 0 saturated carbocycles. The van der Waals surface area contributed by atoms with E-state index in [9.17, 15) is 14.4 Å². The van der Waals surface area contributed by atoms with E-state index >= 15 is 0 Å². The highest BCUT2D eigenvalue weighted by Crippen LogP contribution is 2.24. The van der Waals surface area contributed by atoms with Crippen molar-refractivity contribution in [2.75, 3.05) is 32.1 Å². The Morgan fingerprint density at radius 2 is 2.10 bits per heavy atom. The molecule has 7 heteroatoms. The molecule has 2 aliphatic heterocycles. The van der Waals surface area contributed by atoms with E-state index in [2.05, 4.69) is 10.6 Å². The number of hydrogen-bond donors (Lipinski definition) is 2. The minimum atomic E-state index is -0.549. The number of morpholine rings is 1. The van der Waals surface area contributed by atoms with Gasteiger partial charge in [-0.3, -0.25) is 19.3 Å². The minimum absolute atomic E-state index is 0.271. The third-order valence-electron chi connectivity index (χ3n) is 3.58. The lowest BCUT2D eigenvalue weighted by atomic mass is 10.1. The van der Waals surface area contributed by atoms with Crippen molar-refractivity contribution in [1.29, 1.82) is 0 Å². The van der Waals surface area contributed by atoms with Gasteiger partial charge in [0.1, 0.15) is 6.10 Å². The Kier molecular flexibility index (Phi) is 3.44. The van der Waals surface area contributed by atoms with Gasteiger partial charge in [-0.2, -0.15) is 0 Å². The van der Waals surface area contributed by atoms with E-state index in [-0.39, 0.29) is 17.7 Å². The molecule has 0 aromatic heterocycles. The second kappa shape index (κ2) is 5.27. The van der Waals surface area contributed by atoms with Crippen LogP contribution in [0.5, 0.6) is 0 Å². The predicted molar refractivity (Wildman–Crippen MR) is 74.1 cm³/mol. The van der Waals surface area contributed by atoms with Crippen LogP contribution in [0.2, 0.25) is 0 Å². The van der Waals surface area contributed by atoms with Gasteiger partial charge in [0.15, 0.2) is 0 Å². The van der Waals surface area contributed by atoms with Crippen LogP contribution >= 0.6 is 0 Å². The average Bonchev–Trinajstić information content (AvgIpc) is 2.73.